The minimum Gasteiger partial charge on any atom is -0.462 e. The third-order valence-electron chi connectivity index (χ3n) is 2.09. The maximum absolute atomic E-state index is 11.1. The van der Waals surface area contributed by atoms with Gasteiger partial charge >= 0.3 is 5.97 Å². The van der Waals surface area contributed by atoms with Crippen molar-refractivity contribution in [3.8, 4) is 0 Å². The van der Waals surface area contributed by atoms with Gasteiger partial charge in [0, 0.05) is 19.4 Å². The Morgan fingerprint density at radius 1 is 1.46 bits per heavy atom. The lowest BCUT2D eigenvalue weighted by molar-refractivity contribution is -0.149. The van der Waals surface area contributed by atoms with E-state index in [1.807, 2.05) is 6.08 Å². The number of allylic oxidation sites excluding steroid dienone is 2. The van der Waals surface area contributed by atoms with Crippen molar-refractivity contribution in [3.63, 3.8) is 0 Å². The first-order valence-electron chi connectivity index (χ1n) is 4.78. The standard InChI is InChI=1S/C10H16O3/c11-8-7-9-5-3-1-2-4-6-10(12)13-9/h1-2,9,11H,3-8H2/b2-1-. The Morgan fingerprint density at radius 3 is 3.00 bits per heavy atom. The van der Waals surface area contributed by atoms with Crippen LogP contribution < -0.4 is 0 Å². The summed E-state index contributed by atoms with van der Waals surface area (Å²) >= 11 is 0. The summed E-state index contributed by atoms with van der Waals surface area (Å²) < 4.78 is 5.17. The molecule has 0 saturated carbocycles. The van der Waals surface area contributed by atoms with E-state index < -0.39 is 0 Å². The normalized spacial score (nSPS) is 26.8. The van der Waals surface area contributed by atoms with Crippen molar-refractivity contribution in [2.75, 3.05) is 6.61 Å². The van der Waals surface area contributed by atoms with Gasteiger partial charge in [0.1, 0.15) is 6.10 Å². The molecule has 0 spiro atoms. The molecule has 3 heteroatoms. The highest BCUT2D eigenvalue weighted by Gasteiger charge is 2.13. The predicted octanol–water partition coefficient (Wildman–Crippen LogP) is 1.41. The number of aliphatic hydroxyl groups excluding tert-OH is 1. The van der Waals surface area contributed by atoms with E-state index >= 15 is 0 Å². The fourth-order valence-electron chi connectivity index (χ4n) is 1.37. The molecule has 0 amide bonds. The van der Waals surface area contributed by atoms with E-state index in [0.29, 0.717) is 12.8 Å². The van der Waals surface area contributed by atoms with Crippen LogP contribution >= 0.6 is 0 Å². The lowest BCUT2D eigenvalue weighted by Gasteiger charge is -2.14. The van der Waals surface area contributed by atoms with Crippen molar-refractivity contribution >= 4 is 5.97 Å². The maximum Gasteiger partial charge on any atom is 0.306 e. The fourth-order valence-corrected chi connectivity index (χ4v) is 1.37. The van der Waals surface area contributed by atoms with Crippen LogP contribution in [-0.2, 0) is 9.53 Å². The quantitative estimate of drug-likeness (QED) is 0.521. The number of cyclic esters (lactones) is 1. The molecule has 13 heavy (non-hydrogen) atoms. The monoisotopic (exact) mass is 184 g/mol. The molecule has 0 bridgehead atoms. The topological polar surface area (TPSA) is 46.5 Å². The average Bonchev–Trinajstić information content (AvgIpc) is 2.18. The first-order valence-corrected chi connectivity index (χ1v) is 4.78. The minimum absolute atomic E-state index is 0.0850. The molecule has 1 unspecified atom stereocenters. The Bertz CT molecular complexity index is 187. The molecule has 0 radical (unpaired) electrons. The van der Waals surface area contributed by atoms with Crippen LogP contribution in [0.15, 0.2) is 12.2 Å². The van der Waals surface area contributed by atoms with Crippen molar-refractivity contribution in [3.05, 3.63) is 12.2 Å². The van der Waals surface area contributed by atoms with Crippen LogP contribution in [0.1, 0.15) is 32.1 Å². The zero-order chi connectivity index (χ0) is 9.52. The van der Waals surface area contributed by atoms with Gasteiger partial charge in [-0.1, -0.05) is 12.2 Å². The van der Waals surface area contributed by atoms with Crippen LogP contribution in [0.25, 0.3) is 0 Å². The van der Waals surface area contributed by atoms with E-state index in [1.54, 1.807) is 0 Å². The second-order valence-corrected chi connectivity index (χ2v) is 3.21. The zero-order valence-electron chi connectivity index (χ0n) is 7.74. The number of esters is 1. The van der Waals surface area contributed by atoms with Crippen molar-refractivity contribution in [2.24, 2.45) is 0 Å². The van der Waals surface area contributed by atoms with E-state index in [2.05, 4.69) is 6.08 Å². The van der Waals surface area contributed by atoms with Crippen LogP contribution in [0.2, 0.25) is 0 Å². The van der Waals surface area contributed by atoms with E-state index in [4.69, 9.17) is 9.84 Å². The van der Waals surface area contributed by atoms with Crippen molar-refractivity contribution < 1.29 is 14.6 Å². The minimum atomic E-state index is -0.148. The molecule has 1 atom stereocenters. The Hall–Kier alpha value is -0.830. The number of hydrogen-bond acceptors (Lipinski definition) is 3. The molecule has 0 aliphatic carbocycles. The molecule has 0 aromatic rings. The van der Waals surface area contributed by atoms with Gasteiger partial charge in [-0.2, -0.15) is 0 Å². The summed E-state index contributed by atoms with van der Waals surface area (Å²) in [5, 5.41) is 8.73. The number of carbonyl (C=O) groups is 1. The largest absolute Gasteiger partial charge is 0.462 e. The van der Waals surface area contributed by atoms with Gasteiger partial charge in [0.05, 0.1) is 0 Å². The molecule has 0 saturated heterocycles. The zero-order valence-corrected chi connectivity index (χ0v) is 7.74. The highest BCUT2D eigenvalue weighted by molar-refractivity contribution is 5.69. The lowest BCUT2D eigenvalue weighted by atomic mass is 10.1. The molecule has 1 aliphatic rings. The van der Waals surface area contributed by atoms with E-state index in [-0.39, 0.29) is 18.7 Å². The molecule has 1 N–H and O–H groups in total. The maximum atomic E-state index is 11.1. The summed E-state index contributed by atoms with van der Waals surface area (Å²) in [7, 11) is 0. The molecule has 1 aliphatic heterocycles. The van der Waals surface area contributed by atoms with Gasteiger partial charge in [-0.15, -0.1) is 0 Å². The number of hydrogen-bond donors (Lipinski definition) is 1. The first kappa shape index (κ1) is 10.3. The first-order chi connectivity index (χ1) is 6.33. The summed E-state index contributed by atoms with van der Waals surface area (Å²) in [6, 6.07) is 0. The van der Waals surface area contributed by atoms with Gasteiger partial charge in [0.2, 0.25) is 0 Å². The second kappa shape index (κ2) is 5.75. The molecule has 1 heterocycles. The number of carbonyl (C=O) groups excluding carboxylic acids is 1. The summed E-state index contributed by atoms with van der Waals surface area (Å²) in [5.74, 6) is -0.148. The predicted molar refractivity (Wildman–Crippen MR) is 49.2 cm³/mol. The molecular weight excluding hydrogens is 168 g/mol. The van der Waals surface area contributed by atoms with E-state index in [9.17, 15) is 4.79 Å². The van der Waals surface area contributed by atoms with Crippen LogP contribution in [0.4, 0.5) is 0 Å². The van der Waals surface area contributed by atoms with Gasteiger partial charge in [0.25, 0.3) is 0 Å². The molecular formula is C10H16O3. The van der Waals surface area contributed by atoms with Crippen LogP contribution in [0, 0.1) is 0 Å². The summed E-state index contributed by atoms with van der Waals surface area (Å²) in [6.07, 6.45) is 7.53. The molecule has 0 aromatic heterocycles. The highest BCUT2D eigenvalue weighted by Crippen LogP contribution is 2.12. The fraction of sp³-hybridized carbons (Fsp3) is 0.700. The average molecular weight is 184 g/mol. The van der Waals surface area contributed by atoms with Crippen LogP contribution in [0.3, 0.4) is 0 Å². The highest BCUT2D eigenvalue weighted by atomic mass is 16.5. The molecule has 3 nitrogen and oxygen atoms in total. The molecule has 0 fully saturated rings. The van der Waals surface area contributed by atoms with E-state index in [0.717, 1.165) is 19.3 Å². The van der Waals surface area contributed by atoms with Gasteiger partial charge in [-0.05, 0) is 19.3 Å². The summed E-state index contributed by atoms with van der Waals surface area (Å²) in [4.78, 5) is 11.1. The van der Waals surface area contributed by atoms with Gasteiger partial charge in [-0.25, -0.2) is 0 Å². The lowest BCUT2D eigenvalue weighted by Crippen LogP contribution is -2.18. The Labute approximate surface area is 78.4 Å². The molecule has 0 aromatic carbocycles. The van der Waals surface area contributed by atoms with Crippen LogP contribution in [-0.4, -0.2) is 23.8 Å². The van der Waals surface area contributed by atoms with Crippen molar-refractivity contribution in [2.45, 2.75) is 38.2 Å². The summed E-state index contributed by atoms with van der Waals surface area (Å²) in [6.45, 7) is 0.0850. The van der Waals surface area contributed by atoms with Crippen molar-refractivity contribution in [1.29, 1.82) is 0 Å². The Kier molecular flexibility index (Phi) is 4.54. The summed E-state index contributed by atoms with van der Waals surface area (Å²) in [5.41, 5.74) is 0. The number of aliphatic hydroxyl groups is 1. The Balaban J connectivity index is 2.43. The van der Waals surface area contributed by atoms with Crippen molar-refractivity contribution in [1.82, 2.24) is 0 Å². The molecule has 74 valence electrons. The third-order valence-corrected chi connectivity index (χ3v) is 2.09. The Morgan fingerprint density at radius 2 is 2.23 bits per heavy atom. The number of rotatable bonds is 2. The van der Waals surface area contributed by atoms with Gasteiger partial charge in [-0.3, -0.25) is 4.79 Å². The third kappa shape index (κ3) is 4.08. The molecule has 1 rings (SSSR count). The van der Waals surface area contributed by atoms with Gasteiger partial charge in [0.15, 0.2) is 0 Å². The van der Waals surface area contributed by atoms with Gasteiger partial charge < -0.3 is 9.84 Å². The van der Waals surface area contributed by atoms with E-state index in [1.165, 1.54) is 0 Å². The van der Waals surface area contributed by atoms with Crippen LogP contribution in [0.5, 0.6) is 0 Å². The SMILES string of the molecule is O=C1CC/C=C\CCC(CCO)O1. The number of ether oxygens (including phenoxy) is 1. The smallest absolute Gasteiger partial charge is 0.306 e. The second-order valence-electron chi connectivity index (χ2n) is 3.21.